The Morgan fingerprint density at radius 3 is 2.80 bits per heavy atom. The Kier molecular flexibility index (Phi) is 3.60. The van der Waals surface area contributed by atoms with Gasteiger partial charge >= 0.3 is 5.69 Å². The van der Waals surface area contributed by atoms with Gasteiger partial charge in [-0.25, -0.2) is 0 Å². The summed E-state index contributed by atoms with van der Waals surface area (Å²) in [4.78, 5) is 26.4. The molecule has 1 aromatic heterocycles. The molecule has 0 unspecified atom stereocenters. The third-order valence-corrected chi connectivity index (χ3v) is 2.78. The summed E-state index contributed by atoms with van der Waals surface area (Å²) in [5.41, 5.74) is 6.32. The molecule has 7 nitrogen and oxygen atoms in total. The molecule has 0 saturated carbocycles. The molecule has 0 bridgehead atoms. The average molecular weight is 272 g/mol. The lowest BCUT2D eigenvalue weighted by Crippen LogP contribution is -2.15. The zero-order valence-corrected chi connectivity index (χ0v) is 10.7. The Balaban J connectivity index is 2.38. The van der Waals surface area contributed by atoms with E-state index in [1.54, 1.807) is 19.2 Å². The Morgan fingerprint density at radius 2 is 2.15 bits per heavy atom. The highest BCUT2D eigenvalue weighted by Crippen LogP contribution is 2.26. The first kappa shape index (κ1) is 13.5. The van der Waals surface area contributed by atoms with E-state index in [1.807, 2.05) is 0 Å². The number of nitrogen functional groups attached to an aromatic ring is 1. The summed E-state index contributed by atoms with van der Waals surface area (Å²) < 4.78 is 0. The van der Waals surface area contributed by atoms with E-state index in [4.69, 9.17) is 5.73 Å². The zero-order chi connectivity index (χ0) is 14.7. The van der Waals surface area contributed by atoms with Crippen LogP contribution < -0.4 is 11.1 Å². The number of hydrogen-bond donors (Lipinski definition) is 2. The molecule has 102 valence electrons. The number of nitrogens with zero attached hydrogens (tertiary/aromatic N) is 2. The standard InChI is InChI=1S/C13H12N4O3/c1-8-5-6-15-7-11(8)16-13(18)9-3-2-4-10(14)12(9)17(19)20/h2-7H,14H2,1H3,(H,16,18). The minimum atomic E-state index is -0.666. The van der Waals surface area contributed by atoms with Crippen molar-refractivity contribution < 1.29 is 9.72 Å². The quantitative estimate of drug-likeness (QED) is 0.505. The molecule has 0 aliphatic rings. The fraction of sp³-hybridized carbons (Fsp3) is 0.0769. The molecule has 1 aromatic carbocycles. The van der Waals surface area contributed by atoms with Gasteiger partial charge in [0.25, 0.3) is 5.91 Å². The number of rotatable bonds is 3. The van der Waals surface area contributed by atoms with Crippen LogP contribution in [0.1, 0.15) is 15.9 Å². The van der Waals surface area contributed by atoms with Crippen molar-refractivity contribution in [1.82, 2.24) is 4.98 Å². The van der Waals surface area contributed by atoms with Gasteiger partial charge < -0.3 is 11.1 Å². The molecule has 0 aliphatic heterocycles. The molecule has 0 spiro atoms. The van der Waals surface area contributed by atoms with Crippen LogP contribution in [0.5, 0.6) is 0 Å². The summed E-state index contributed by atoms with van der Waals surface area (Å²) in [6.45, 7) is 1.80. The number of nitro benzene ring substituents is 1. The molecule has 0 fully saturated rings. The SMILES string of the molecule is Cc1ccncc1NC(=O)c1cccc(N)c1[N+](=O)[O-]. The first-order valence-corrected chi connectivity index (χ1v) is 5.75. The fourth-order valence-electron chi connectivity index (χ4n) is 1.73. The van der Waals surface area contributed by atoms with Crippen molar-refractivity contribution in [3.63, 3.8) is 0 Å². The number of aromatic nitrogens is 1. The number of carbonyl (C=O) groups is 1. The highest BCUT2D eigenvalue weighted by Gasteiger charge is 2.23. The minimum absolute atomic E-state index is 0.0504. The number of carbonyl (C=O) groups excluding carboxylic acids is 1. The average Bonchev–Trinajstić information content (AvgIpc) is 2.40. The smallest absolute Gasteiger partial charge is 0.304 e. The van der Waals surface area contributed by atoms with Gasteiger partial charge in [0.2, 0.25) is 0 Å². The number of aryl methyl sites for hydroxylation is 1. The number of nitrogens with two attached hydrogens (primary N) is 1. The maximum atomic E-state index is 12.1. The first-order valence-electron chi connectivity index (χ1n) is 5.75. The normalized spacial score (nSPS) is 10.1. The largest absolute Gasteiger partial charge is 0.393 e. The number of amides is 1. The molecule has 1 amide bonds. The number of pyridine rings is 1. The first-order chi connectivity index (χ1) is 9.50. The van der Waals surface area contributed by atoms with Gasteiger partial charge in [0.1, 0.15) is 11.3 Å². The number of hydrogen-bond acceptors (Lipinski definition) is 5. The predicted molar refractivity (Wildman–Crippen MR) is 74.4 cm³/mol. The van der Waals surface area contributed by atoms with Crippen LogP contribution in [-0.4, -0.2) is 15.8 Å². The lowest BCUT2D eigenvalue weighted by atomic mass is 10.1. The maximum Gasteiger partial charge on any atom is 0.304 e. The van der Waals surface area contributed by atoms with E-state index in [0.29, 0.717) is 5.69 Å². The lowest BCUT2D eigenvalue weighted by molar-refractivity contribution is -0.384. The van der Waals surface area contributed by atoms with Gasteiger partial charge in [0.05, 0.1) is 16.8 Å². The lowest BCUT2D eigenvalue weighted by Gasteiger charge is -2.08. The van der Waals surface area contributed by atoms with E-state index in [-0.39, 0.29) is 11.3 Å². The molecule has 2 aromatic rings. The number of benzene rings is 1. The summed E-state index contributed by atoms with van der Waals surface area (Å²) in [5.74, 6) is -0.597. The van der Waals surface area contributed by atoms with E-state index in [0.717, 1.165) is 5.56 Å². The van der Waals surface area contributed by atoms with Crippen LogP contribution in [0.3, 0.4) is 0 Å². The summed E-state index contributed by atoms with van der Waals surface area (Å²) in [7, 11) is 0. The Morgan fingerprint density at radius 1 is 1.40 bits per heavy atom. The van der Waals surface area contributed by atoms with Crippen molar-refractivity contribution in [3.8, 4) is 0 Å². The van der Waals surface area contributed by atoms with Crippen molar-refractivity contribution in [2.75, 3.05) is 11.1 Å². The van der Waals surface area contributed by atoms with Gasteiger partial charge in [0, 0.05) is 6.20 Å². The van der Waals surface area contributed by atoms with Crippen molar-refractivity contribution in [2.45, 2.75) is 6.92 Å². The van der Waals surface area contributed by atoms with E-state index < -0.39 is 16.5 Å². The number of para-hydroxylation sites is 1. The monoisotopic (exact) mass is 272 g/mol. The second-order valence-corrected chi connectivity index (χ2v) is 4.15. The molecular formula is C13H12N4O3. The summed E-state index contributed by atoms with van der Waals surface area (Å²) >= 11 is 0. The van der Waals surface area contributed by atoms with Crippen molar-refractivity contribution in [2.24, 2.45) is 0 Å². The molecule has 0 radical (unpaired) electrons. The van der Waals surface area contributed by atoms with Crippen LogP contribution in [0.25, 0.3) is 0 Å². The van der Waals surface area contributed by atoms with Crippen molar-refractivity contribution in [1.29, 1.82) is 0 Å². The Hall–Kier alpha value is -2.96. The highest BCUT2D eigenvalue weighted by molar-refractivity contribution is 6.08. The van der Waals surface area contributed by atoms with E-state index in [1.165, 1.54) is 24.4 Å². The number of anilines is 2. The molecule has 0 aliphatic carbocycles. The van der Waals surface area contributed by atoms with Crippen LogP contribution in [0.4, 0.5) is 17.1 Å². The zero-order valence-electron chi connectivity index (χ0n) is 10.7. The number of nitrogens with one attached hydrogen (secondary N) is 1. The predicted octanol–water partition coefficient (Wildman–Crippen LogP) is 2.13. The van der Waals surface area contributed by atoms with Gasteiger partial charge in [-0.3, -0.25) is 19.9 Å². The summed E-state index contributed by atoms with van der Waals surface area (Å²) in [6, 6.07) is 5.95. The van der Waals surface area contributed by atoms with Crippen LogP contribution in [0.2, 0.25) is 0 Å². The third-order valence-electron chi connectivity index (χ3n) is 2.78. The van der Waals surface area contributed by atoms with Crippen molar-refractivity contribution >= 4 is 23.0 Å². The van der Waals surface area contributed by atoms with Gasteiger partial charge in [-0.2, -0.15) is 0 Å². The second-order valence-electron chi connectivity index (χ2n) is 4.15. The van der Waals surface area contributed by atoms with E-state index in [2.05, 4.69) is 10.3 Å². The second kappa shape index (κ2) is 5.35. The number of nitro groups is 1. The fourth-order valence-corrected chi connectivity index (χ4v) is 1.73. The van der Waals surface area contributed by atoms with E-state index >= 15 is 0 Å². The molecule has 1 heterocycles. The van der Waals surface area contributed by atoms with E-state index in [9.17, 15) is 14.9 Å². The van der Waals surface area contributed by atoms with Gasteiger partial charge in [-0.1, -0.05) is 6.07 Å². The Labute approximate surface area is 114 Å². The van der Waals surface area contributed by atoms with Crippen LogP contribution in [0.15, 0.2) is 36.7 Å². The van der Waals surface area contributed by atoms with Crippen LogP contribution in [0, 0.1) is 17.0 Å². The van der Waals surface area contributed by atoms with Crippen LogP contribution in [-0.2, 0) is 0 Å². The molecular weight excluding hydrogens is 260 g/mol. The highest BCUT2D eigenvalue weighted by atomic mass is 16.6. The topological polar surface area (TPSA) is 111 Å². The van der Waals surface area contributed by atoms with Crippen LogP contribution >= 0.6 is 0 Å². The molecule has 0 saturated heterocycles. The van der Waals surface area contributed by atoms with Gasteiger partial charge in [0.15, 0.2) is 0 Å². The minimum Gasteiger partial charge on any atom is -0.393 e. The molecule has 2 rings (SSSR count). The molecule has 7 heteroatoms. The molecule has 0 atom stereocenters. The van der Waals surface area contributed by atoms with Gasteiger partial charge in [-0.05, 0) is 30.7 Å². The Bertz CT molecular complexity index is 685. The van der Waals surface area contributed by atoms with Crippen molar-refractivity contribution in [3.05, 3.63) is 57.9 Å². The third kappa shape index (κ3) is 2.56. The molecule has 3 N–H and O–H groups in total. The van der Waals surface area contributed by atoms with Gasteiger partial charge in [-0.15, -0.1) is 0 Å². The summed E-state index contributed by atoms with van der Waals surface area (Å²) in [5, 5.41) is 13.6. The summed E-state index contributed by atoms with van der Waals surface area (Å²) in [6.07, 6.45) is 3.07. The molecule has 20 heavy (non-hydrogen) atoms. The maximum absolute atomic E-state index is 12.1.